The van der Waals surface area contributed by atoms with Crippen molar-refractivity contribution in [2.75, 3.05) is 18.1 Å². The third kappa shape index (κ3) is 2.17. The summed E-state index contributed by atoms with van der Waals surface area (Å²) in [5.74, 6) is 0. The lowest BCUT2D eigenvalue weighted by Crippen LogP contribution is -2.37. The van der Waals surface area contributed by atoms with E-state index in [1.54, 1.807) is 4.90 Å². The van der Waals surface area contributed by atoms with Crippen molar-refractivity contribution in [3.05, 3.63) is 29.8 Å². The van der Waals surface area contributed by atoms with Crippen molar-refractivity contribution in [2.24, 2.45) is 5.73 Å². The van der Waals surface area contributed by atoms with Gasteiger partial charge in [0.2, 0.25) is 0 Å². The molecule has 4 nitrogen and oxygen atoms in total. The topological polar surface area (TPSA) is 55.6 Å². The lowest BCUT2D eigenvalue weighted by molar-refractivity contribution is 0.140. The van der Waals surface area contributed by atoms with E-state index in [4.69, 9.17) is 10.5 Å². The molecule has 1 fully saturated rings. The number of cyclic esters (lactones) is 1. The minimum atomic E-state index is -0.270. The van der Waals surface area contributed by atoms with Crippen LogP contribution in [0.15, 0.2) is 24.3 Å². The maximum absolute atomic E-state index is 11.5. The Bertz CT molecular complexity index is 390. The van der Waals surface area contributed by atoms with E-state index < -0.39 is 0 Å². The van der Waals surface area contributed by atoms with E-state index >= 15 is 0 Å². The number of hydrogen-bond donors (Lipinski definition) is 1. The van der Waals surface area contributed by atoms with Crippen molar-refractivity contribution >= 4 is 11.8 Å². The van der Waals surface area contributed by atoms with E-state index in [1.165, 1.54) is 0 Å². The highest BCUT2D eigenvalue weighted by Gasteiger charge is 2.21. The van der Waals surface area contributed by atoms with E-state index in [0.29, 0.717) is 13.2 Å². The molecule has 1 aliphatic heterocycles. The predicted octanol–water partition coefficient (Wildman–Crippen LogP) is 2.05. The fraction of sp³-hybridized carbons (Fsp3) is 0.417. The van der Waals surface area contributed by atoms with Crippen LogP contribution in [0, 0.1) is 0 Å². The number of nitrogens with zero attached hydrogens (tertiary/aromatic N) is 1. The average Bonchev–Trinajstić information content (AvgIpc) is 2.30. The number of hydrogen-bond acceptors (Lipinski definition) is 3. The molecule has 1 unspecified atom stereocenters. The van der Waals surface area contributed by atoms with Crippen LogP contribution in [0.25, 0.3) is 0 Å². The van der Waals surface area contributed by atoms with E-state index in [1.807, 2.05) is 31.2 Å². The normalized spacial score (nSPS) is 18.1. The van der Waals surface area contributed by atoms with E-state index in [0.717, 1.165) is 17.7 Å². The molecular formula is C12H16N2O2. The zero-order valence-electron chi connectivity index (χ0n) is 9.35. The van der Waals surface area contributed by atoms with Gasteiger partial charge in [-0.2, -0.15) is 0 Å². The zero-order chi connectivity index (χ0) is 11.5. The predicted molar refractivity (Wildman–Crippen MR) is 62.4 cm³/mol. The number of ether oxygens (including phenoxy) is 1. The van der Waals surface area contributed by atoms with Crippen LogP contribution in [0.4, 0.5) is 10.5 Å². The quantitative estimate of drug-likeness (QED) is 0.829. The Hall–Kier alpha value is -1.55. The maximum atomic E-state index is 11.5. The Morgan fingerprint density at radius 3 is 3.00 bits per heavy atom. The number of carbonyl (C=O) groups is 1. The second-order valence-corrected chi connectivity index (χ2v) is 4.00. The van der Waals surface area contributed by atoms with Crippen molar-refractivity contribution in [3.63, 3.8) is 0 Å². The summed E-state index contributed by atoms with van der Waals surface area (Å²) >= 11 is 0. The molecule has 1 aliphatic rings. The number of amides is 1. The van der Waals surface area contributed by atoms with Crippen molar-refractivity contribution in [3.8, 4) is 0 Å². The van der Waals surface area contributed by atoms with Gasteiger partial charge in [0.15, 0.2) is 0 Å². The minimum Gasteiger partial charge on any atom is -0.449 e. The fourth-order valence-corrected chi connectivity index (χ4v) is 1.76. The van der Waals surface area contributed by atoms with Gasteiger partial charge >= 0.3 is 6.09 Å². The average molecular weight is 220 g/mol. The standard InChI is InChI=1S/C12H16N2O2/c1-9(13)10-4-2-5-11(8-10)14-6-3-7-16-12(14)15/h2,4-5,8-9H,3,6-7,13H2,1H3. The van der Waals surface area contributed by atoms with Crippen molar-refractivity contribution < 1.29 is 9.53 Å². The Morgan fingerprint density at radius 2 is 2.31 bits per heavy atom. The van der Waals surface area contributed by atoms with Crippen LogP contribution >= 0.6 is 0 Å². The fourth-order valence-electron chi connectivity index (χ4n) is 1.76. The van der Waals surface area contributed by atoms with Crippen molar-refractivity contribution in [2.45, 2.75) is 19.4 Å². The van der Waals surface area contributed by atoms with Gasteiger partial charge in [-0.05, 0) is 31.0 Å². The molecule has 2 rings (SSSR count). The van der Waals surface area contributed by atoms with Gasteiger partial charge in [0.05, 0.1) is 6.61 Å². The van der Waals surface area contributed by atoms with Gasteiger partial charge in [-0.25, -0.2) is 4.79 Å². The molecule has 1 atom stereocenters. The summed E-state index contributed by atoms with van der Waals surface area (Å²) in [6.45, 7) is 3.15. The Labute approximate surface area is 95.0 Å². The van der Waals surface area contributed by atoms with Gasteiger partial charge < -0.3 is 10.5 Å². The first kappa shape index (κ1) is 11.0. The summed E-state index contributed by atoms with van der Waals surface area (Å²) in [6, 6.07) is 7.69. The molecule has 0 spiro atoms. The molecule has 0 radical (unpaired) electrons. The van der Waals surface area contributed by atoms with Crippen LogP contribution in [0.5, 0.6) is 0 Å². The number of rotatable bonds is 2. The summed E-state index contributed by atoms with van der Waals surface area (Å²) in [5.41, 5.74) is 7.70. The monoisotopic (exact) mass is 220 g/mol. The molecule has 0 saturated carbocycles. The molecule has 1 aromatic rings. The van der Waals surface area contributed by atoms with Gasteiger partial charge in [-0.1, -0.05) is 12.1 Å². The number of benzene rings is 1. The third-order valence-corrected chi connectivity index (χ3v) is 2.68. The van der Waals surface area contributed by atoms with E-state index in [9.17, 15) is 4.79 Å². The summed E-state index contributed by atoms with van der Waals surface area (Å²) in [7, 11) is 0. The van der Waals surface area contributed by atoms with Crippen LogP contribution in [0.3, 0.4) is 0 Å². The van der Waals surface area contributed by atoms with Crippen LogP contribution in [-0.4, -0.2) is 19.2 Å². The summed E-state index contributed by atoms with van der Waals surface area (Å²) < 4.78 is 5.00. The van der Waals surface area contributed by atoms with Crippen LogP contribution in [0.2, 0.25) is 0 Å². The molecule has 0 aromatic heterocycles. The lowest BCUT2D eigenvalue weighted by Gasteiger charge is -2.26. The van der Waals surface area contributed by atoms with Crippen LogP contribution in [-0.2, 0) is 4.74 Å². The molecule has 2 N–H and O–H groups in total. The van der Waals surface area contributed by atoms with Gasteiger partial charge in [0.1, 0.15) is 0 Å². The molecule has 0 bridgehead atoms. The second-order valence-electron chi connectivity index (χ2n) is 4.00. The highest BCUT2D eigenvalue weighted by molar-refractivity contribution is 5.88. The molecule has 1 amide bonds. The number of anilines is 1. The van der Waals surface area contributed by atoms with E-state index in [-0.39, 0.29) is 12.1 Å². The van der Waals surface area contributed by atoms with Gasteiger partial charge in [0.25, 0.3) is 0 Å². The first-order valence-electron chi connectivity index (χ1n) is 5.48. The molecule has 4 heteroatoms. The SMILES string of the molecule is CC(N)c1cccc(N2CCCOC2=O)c1. The Balaban J connectivity index is 2.25. The summed E-state index contributed by atoms with van der Waals surface area (Å²) in [6.07, 6.45) is 0.599. The van der Waals surface area contributed by atoms with E-state index in [2.05, 4.69) is 0 Å². The van der Waals surface area contributed by atoms with Gasteiger partial charge in [-0.3, -0.25) is 4.90 Å². The molecule has 1 aromatic carbocycles. The van der Waals surface area contributed by atoms with Gasteiger partial charge in [-0.15, -0.1) is 0 Å². The Morgan fingerprint density at radius 1 is 1.50 bits per heavy atom. The maximum Gasteiger partial charge on any atom is 0.414 e. The summed E-state index contributed by atoms with van der Waals surface area (Å²) in [5, 5.41) is 0. The molecule has 86 valence electrons. The summed E-state index contributed by atoms with van der Waals surface area (Å²) in [4.78, 5) is 13.2. The first-order valence-corrected chi connectivity index (χ1v) is 5.48. The molecule has 16 heavy (non-hydrogen) atoms. The van der Waals surface area contributed by atoms with Crippen molar-refractivity contribution in [1.29, 1.82) is 0 Å². The first-order chi connectivity index (χ1) is 7.68. The minimum absolute atomic E-state index is 0.0271. The highest BCUT2D eigenvalue weighted by Crippen LogP contribution is 2.22. The molecule has 1 saturated heterocycles. The zero-order valence-corrected chi connectivity index (χ0v) is 9.35. The molecule has 0 aliphatic carbocycles. The number of carbonyl (C=O) groups excluding carboxylic acids is 1. The second kappa shape index (κ2) is 4.53. The molecular weight excluding hydrogens is 204 g/mol. The van der Waals surface area contributed by atoms with Crippen LogP contribution in [0.1, 0.15) is 24.9 Å². The van der Waals surface area contributed by atoms with Crippen LogP contribution < -0.4 is 10.6 Å². The number of nitrogens with two attached hydrogens (primary N) is 1. The largest absolute Gasteiger partial charge is 0.449 e. The van der Waals surface area contributed by atoms with Crippen molar-refractivity contribution in [1.82, 2.24) is 0 Å². The lowest BCUT2D eigenvalue weighted by atomic mass is 10.1. The van der Waals surface area contributed by atoms with Gasteiger partial charge in [0, 0.05) is 18.3 Å². The third-order valence-electron chi connectivity index (χ3n) is 2.68. The highest BCUT2D eigenvalue weighted by atomic mass is 16.6. The molecule has 1 heterocycles. The Kier molecular flexibility index (Phi) is 3.10. The smallest absolute Gasteiger partial charge is 0.414 e.